The highest BCUT2D eigenvalue weighted by Crippen LogP contribution is 2.13. The van der Waals surface area contributed by atoms with E-state index in [1.165, 1.54) is 6.07 Å². The van der Waals surface area contributed by atoms with Crippen LogP contribution < -0.4 is 10.6 Å². The molecule has 0 aliphatic carbocycles. The molecule has 1 aromatic heterocycles. The van der Waals surface area contributed by atoms with E-state index in [4.69, 9.17) is 14.3 Å². The van der Waals surface area contributed by atoms with Crippen molar-refractivity contribution in [2.24, 2.45) is 0 Å². The molecule has 0 saturated heterocycles. The molecule has 0 aromatic carbocycles. The van der Waals surface area contributed by atoms with Crippen LogP contribution in [0.15, 0.2) is 21.2 Å². The molecule has 112 valence electrons. The van der Waals surface area contributed by atoms with E-state index in [1.807, 2.05) is 0 Å². The van der Waals surface area contributed by atoms with E-state index in [9.17, 15) is 9.59 Å². The lowest BCUT2D eigenvalue weighted by Crippen LogP contribution is -2.37. The number of nitrogens with one attached hydrogen (secondary N) is 2. The molecule has 1 aromatic rings. The summed E-state index contributed by atoms with van der Waals surface area (Å²) in [4.78, 5) is 23.0. The van der Waals surface area contributed by atoms with Gasteiger partial charge in [0.25, 0.3) is 5.91 Å². The highest BCUT2D eigenvalue weighted by atomic mass is 79.9. The fourth-order valence-corrected chi connectivity index (χ4v) is 1.62. The van der Waals surface area contributed by atoms with Crippen molar-refractivity contribution in [2.45, 2.75) is 6.42 Å². The molecule has 0 atom stereocenters. The SMILES string of the molecule is O=C(CNC(=O)c1ccc(Br)o1)NCCCOCCO. The summed E-state index contributed by atoms with van der Waals surface area (Å²) in [5, 5.41) is 13.6. The first kappa shape index (κ1) is 16.7. The Bertz CT molecular complexity index is 435. The zero-order valence-electron chi connectivity index (χ0n) is 10.9. The summed E-state index contributed by atoms with van der Waals surface area (Å²) in [6.07, 6.45) is 0.644. The van der Waals surface area contributed by atoms with Gasteiger partial charge in [0.2, 0.25) is 5.91 Å². The summed E-state index contributed by atoms with van der Waals surface area (Å²) < 4.78 is 10.5. The highest BCUT2D eigenvalue weighted by Gasteiger charge is 2.11. The first-order valence-corrected chi connectivity index (χ1v) is 6.91. The van der Waals surface area contributed by atoms with Gasteiger partial charge in [-0.25, -0.2) is 0 Å². The van der Waals surface area contributed by atoms with E-state index in [0.717, 1.165) is 0 Å². The lowest BCUT2D eigenvalue weighted by Gasteiger charge is -2.06. The smallest absolute Gasteiger partial charge is 0.287 e. The molecule has 8 heteroatoms. The number of aliphatic hydroxyl groups excluding tert-OH is 1. The maximum absolute atomic E-state index is 11.6. The molecule has 0 saturated carbocycles. The van der Waals surface area contributed by atoms with Gasteiger partial charge < -0.3 is 24.9 Å². The number of aliphatic hydroxyl groups is 1. The van der Waals surface area contributed by atoms with E-state index in [1.54, 1.807) is 6.07 Å². The van der Waals surface area contributed by atoms with Crippen molar-refractivity contribution in [3.63, 3.8) is 0 Å². The van der Waals surface area contributed by atoms with Crippen LogP contribution in [0.3, 0.4) is 0 Å². The molecular formula is C12H17BrN2O5. The lowest BCUT2D eigenvalue weighted by molar-refractivity contribution is -0.120. The van der Waals surface area contributed by atoms with Gasteiger partial charge in [0.1, 0.15) is 0 Å². The van der Waals surface area contributed by atoms with Crippen LogP contribution in [0, 0.1) is 0 Å². The van der Waals surface area contributed by atoms with Crippen molar-refractivity contribution in [1.29, 1.82) is 0 Å². The monoisotopic (exact) mass is 348 g/mol. The fraction of sp³-hybridized carbons (Fsp3) is 0.500. The third kappa shape index (κ3) is 6.69. The zero-order valence-corrected chi connectivity index (χ0v) is 12.4. The van der Waals surface area contributed by atoms with Gasteiger partial charge in [0, 0.05) is 13.2 Å². The third-order valence-corrected chi connectivity index (χ3v) is 2.66. The summed E-state index contributed by atoms with van der Waals surface area (Å²) in [7, 11) is 0. The van der Waals surface area contributed by atoms with E-state index >= 15 is 0 Å². The van der Waals surface area contributed by atoms with Crippen molar-refractivity contribution in [1.82, 2.24) is 10.6 Å². The first-order valence-electron chi connectivity index (χ1n) is 6.12. The second kappa shape index (κ2) is 9.51. The Morgan fingerprint density at radius 2 is 2.10 bits per heavy atom. The normalized spacial score (nSPS) is 10.3. The van der Waals surface area contributed by atoms with E-state index in [0.29, 0.717) is 30.8 Å². The molecule has 0 spiro atoms. The maximum atomic E-state index is 11.6. The summed E-state index contributed by atoms with van der Waals surface area (Å²) in [6.45, 7) is 1.08. The summed E-state index contributed by atoms with van der Waals surface area (Å²) in [6, 6.07) is 3.11. The van der Waals surface area contributed by atoms with Gasteiger partial charge in [-0.2, -0.15) is 0 Å². The van der Waals surface area contributed by atoms with Gasteiger partial charge in [-0.3, -0.25) is 9.59 Å². The largest absolute Gasteiger partial charge is 0.444 e. The topological polar surface area (TPSA) is 101 Å². The van der Waals surface area contributed by atoms with Gasteiger partial charge in [0.05, 0.1) is 19.8 Å². The number of amides is 2. The first-order chi connectivity index (χ1) is 9.63. The minimum atomic E-state index is -0.447. The number of furan rings is 1. The Morgan fingerprint density at radius 3 is 2.75 bits per heavy atom. The van der Waals surface area contributed by atoms with Gasteiger partial charge >= 0.3 is 0 Å². The van der Waals surface area contributed by atoms with Crippen LogP contribution in [0.5, 0.6) is 0 Å². The molecular weight excluding hydrogens is 332 g/mol. The molecule has 0 unspecified atom stereocenters. The Hall–Kier alpha value is -1.38. The molecule has 3 N–H and O–H groups in total. The van der Waals surface area contributed by atoms with Crippen LogP contribution in [0.25, 0.3) is 0 Å². The predicted octanol–water partition coefficient (Wildman–Crippen LogP) is 0.287. The van der Waals surface area contributed by atoms with Crippen molar-refractivity contribution in [3.8, 4) is 0 Å². The van der Waals surface area contributed by atoms with Crippen LogP contribution in [0.2, 0.25) is 0 Å². The molecule has 7 nitrogen and oxygen atoms in total. The average molecular weight is 349 g/mol. The Kier molecular flexibility index (Phi) is 7.93. The van der Waals surface area contributed by atoms with E-state index in [-0.39, 0.29) is 24.8 Å². The number of rotatable bonds is 9. The Balaban J connectivity index is 2.09. The fourth-order valence-electron chi connectivity index (χ4n) is 1.32. The third-order valence-electron chi connectivity index (χ3n) is 2.23. The average Bonchev–Trinajstić information content (AvgIpc) is 2.86. The number of hydrogen-bond acceptors (Lipinski definition) is 5. The number of carbonyl (C=O) groups is 2. The Morgan fingerprint density at radius 1 is 1.30 bits per heavy atom. The van der Waals surface area contributed by atoms with Crippen molar-refractivity contribution < 1.29 is 23.8 Å². The van der Waals surface area contributed by atoms with Gasteiger partial charge in [-0.05, 0) is 34.5 Å². The summed E-state index contributed by atoms with van der Waals surface area (Å²) in [5.74, 6) is -0.592. The molecule has 0 aliphatic rings. The maximum Gasteiger partial charge on any atom is 0.287 e. The quantitative estimate of drug-likeness (QED) is 0.557. The van der Waals surface area contributed by atoms with Crippen LogP contribution >= 0.6 is 15.9 Å². The molecule has 1 rings (SSSR count). The van der Waals surface area contributed by atoms with E-state index in [2.05, 4.69) is 26.6 Å². The van der Waals surface area contributed by atoms with Gasteiger partial charge in [0.15, 0.2) is 10.4 Å². The zero-order chi connectivity index (χ0) is 14.8. The standard InChI is InChI=1S/C12H17BrN2O5/c13-10-3-2-9(20-10)12(18)15-8-11(17)14-4-1-6-19-7-5-16/h2-3,16H,1,4-8H2,(H,14,17)(H,15,18). The number of hydrogen-bond donors (Lipinski definition) is 3. The van der Waals surface area contributed by atoms with Crippen molar-refractivity contribution in [2.75, 3.05) is 32.9 Å². The predicted molar refractivity (Wildman–Crippen MR) is 74.3 cm³/mol. The minimum absolute atomic E-state index is 0.0126. The molecule has 0 aliphatic heterocycles. The molecule has 2 amide bonds. The molecule has 0 bridgehead atoms. The van der Waals surface area contributed by atoms with Crippen molar-refractivity contribution >= 4 is 27.7 Å². The minimum Gasteiger partial charge on any atom is -0.444 e. The number of halogens is 1. The van der Waals surface area contributed by atoms with Gasteiger partial charge in [-0.15, -0.1) is 0 Å². The number of ether oxygens (including phenoxy) is 1. The second-order valence-electron chi connectivity index (χ2n) is 3.83. The number of carbonyl (C=O) groups excluding carboxylic acids is 2. The summed E-state index contributed by atoms with van der Waals surface area (Å²) >= 11 is 3.09. The highest BCUT2D eigenvalue weighted by molar-refractivity contribution is 9.10. The lowest BCUT2D eigenvalue weighted by atomic mass is 10.4. The molecule has 1 heterocycles. The summed E-state index contributed by atoms with van der Waals surface area (Å²) in [5.41, 5.74) is 0. The van der Waals surface area contributed by atoms with Crippen LogP contribution in [0.1, 0.15) is 17.0 Å². The van der Waals surface area contributed by atoms with Crippen molar-refractivity contribution in [3.05, 3.63) is 22.6 Å². The molecule has 20 heavy (non-hydrogen) atoms. The van der Waals surface area contributed by atoms with Gasteiger partial charge in [-0.1, -0.05) is 0 Å². The van der Waals surface area contributed by atoms with E-state index < -0.39 is 5.91 Å². The van der Waals surface area contributed by atoms with Crippen LogP contribution in [0.4, 0.5) is 0 Å². The second-order valence-corrected chi connectivity index (χ2v) is 4.61. The van der Waals surface area contributed by atoms with Crippen LogP contribution in [-0.4, -0.2) is 49.8 Å². The molecule has 0 radical (unpaired) electrons. The molecule has 0 fully saturated rings. The van der Waals surface area contributed by atoms with Crippen LogP contribution in [-0.2, 0) is 9.53 Å². The Labute approximate surface area is 124 Å².